The number of piperazine rings is 1. The molecule has 1 aliphatic heterocycles. The fourth-order valence-electron chi connectivity index (χ4n) is 2.35. The van der Waals surface area contributed by atoms with E-state index in [-0.39, 0.29) is 0 Å². The maximum absolute atomic E-state index is 5.32. The lowest BCUT2D eigenvalue weighted by atomic mass is 10.1. The highest BCUT2D eigenvalue weighted by Gasteiger charge is 2.23. The topological polar surface area (TPSA) is 24.5 Å². The van der Waals surface area contributed by atoms with Crippen molar-refractivity contribution in [3.8, 4) is 0 Å². The zero-order chi connectivity index (χ0) is 11.1. The van der Waals surface area contributed by atoms with Crippen LogP contribution in [0.2, 0.25) is 0 Å². The zero-order valence-electron chi connectivity index (χ0n) is 10.5. The molecule has 1 saturated heterocycles. The van der Waals surface area contributed by atoms with E-state index in [1.54, 1.807) is 0 Å². The molecule has 1 aliphatic rings. The molecule has 0 spiro atoms. The molecular weight excluding hydrogens is 188 g/mol. The van der Waals surface area contributed by atoms with E-state index >= 15 is 0 Å². The van der Waals surface area contributed by atoms with Gasteiger partial charge in [0.2, 0.25) is 0 Å². The molecule has 0 aliphatic carbocycles. The van der Waals surface area contributed by atoms with E-state index in [2.05, 4.69) is 24.1 Å². The Balaban J connectivity index is 2.42. The number of hydrogen-bond acceptors (Lipinski definition) is 3. The van der Waals surface area contributed by atoms with Crippen LogP contribution in [0.4, 0.5) is 0 Å². The summed E-state index contributed by atoms with van der Waals surface area (Å²) in [7, 11) is 1.81. The van der Waals surface area contributed by atoms with Crippen molar-refractivity contribution < 1.29 is 4.74 Å². The largest absolute Gasteiger partial charge is 0.383 e. The summed E-state index contributed by atoms with van der Waals surface area (Å²) >= 11 is 0. The van der Waals surface area contributed by atoms with Gasteiger partial charge in [-0.05, 0) is 12.8 Å². The fourth-order valence-corrected chi connectivity index (χ4v) is 2.35. The fraction of sp³-hybridized carbons (Fsp3) is 1.00. The summed E-state index contributed by atoms with van der Waals surface area (Å²) in [6.45, 7) is 8.87. The van der Waals surface area contributed by atoms with Crippen molar-refractivity contribution in [1.82, 2.24) is 10.2 Å². The molecule has 3 heteroatoms. The molecule has 0 amide bonds. The van der Waals surface area contributed by atoms with Crippen LogP contribution < -0.4 is 5.32 Å². The standard InChI is InChI=1S/C12H26N2O/c1-4-6-12(10-15-3)14-8-7-13-11(5-2)9-14/h11-13H,4-10H2,1-3H3. The van der Waals surface area contributed by atoms with E-state index in [1.165, 1.54) is 32.4 Å². The van der Waals surface area contributed by atoms with Crippen LogP contribution in [0.15, 0.2) is 0 Å². The highest BCUT2D eigenvalue weighted by atomic mass is 16.5. The van der Waals surface area contributed by atoms with Gasteiger partial charge >= 0.3 is 0 Å². The van der Waals surface area contributed by atoms with Crippen molar-refractivity contribution in [3.63, 3.8) is 0 Å². The van der Waals surface area contributed by atoms with Gasteiger partial charge in [-0.1, -0.05) is 20.3 Å². The smallest absolute Gasteiger partial charge is 0.0618 e. The summed E-state index contributed by atoms with van der Waals surface area (Å²) in [4.78, 5) is 2.59. The maximum Gasteiger partial charge on any atom is 0.0618 e. The number of ether oxygens (including phenoxy) is 1. The van der Waals surface area contributed by atoms with Gasteiger partial charge in [-0.15, -0.1) is 0 Å². The van der Waals surface area contributed by atoms with Crippen LogP contribution >= 0.6 is 0 Å². The number of nitrogens with zero attached hydrogens (tertiary/aromatic N) is 1. The highest BCUT2D eigenvalue weighted by molar-refractivity contribution is 4.82. The minimum atomic E-state index is 0.621. The van der Waals surface area contributed by atoms with E-state index in [9.17, 15) is 0 Å². The first kappa shape index (κ1) is 12.9. The van der Waals surface area contributed by atoms with Crippen LogP contribution in [0.3, 0.4) is 0 Å². The minimum absolute atomic E-state index is 0.621. The number of hydrogen-bond donors (Lipinski definition) is 1. The second-order valence-corrected chi connectivity index (χ2v) is 4.45. The summed E-state index contributed by atoms with van der Waals surface area (Å²) in [5.41, 5.74) is 0. The predicted octanol–water partition coefficient (Wildman–Crippen LogP) is 1.49. The Morgan fingerprint density at radius 3 is 2.87 bits per heavy atom. The highest BCUT2D eigenvalue weighted by Crippen LogP contribution is 2.11. The third kappa shape index (κ3) is 4.09. The molecule has 1 rings (SSSR count). The van der Waals surface area contributed by atoms with Crippen LogP contribution in [0.5, 0.6) is 0 Å². The second kappa shape index (κ2) is 7.20. The molecule has 0 bridgehead atoms. The maximum atomic E-state index is 5.32. The van der Waals surface area contributed by atoms with Gasteiger partial charge in [-0.3, -0.25) is 4.90 Å². The third-order valence-electron chi connectivity index (χ3n) is 3.28. The molecule has 1 N–H and O–H groups in total. The van der Waals surface area contributed by atoms with Gasteiger partial charge in [-0.2, -0.15) is 0 Å². The summed E-state index contributed by atoms with van der Waals surface area (Å²) < 4.78 is 5.32. The summed E-state index contributed by atoms with van der Waals surface area (Å²) in [5, 5.41) is 3.56. The molecule has 15 heavy (non-hydrogen) atoms. The number of nitrogens with one attached hydrogen (secondary N) is 1. The van der Waals surface area contributed by atoms with Gasteiger partial charge in [-0.25, -0.2) is 0 Å². The first-order chi connectivity index (χ1) is 7.31. The van der Waals surface area contributed by atoms with Crippen molar-refractivity contribution in [3.05, 3.63) is 0 Å². The summed E-state index contributed by atoms with van der Waals surface area (Å²) in [6.07, 6.45) is 3.72. The van der Waals surface area contributed by atoms with Crippen molar-refractivity contribution >= 4 is 0 Å². The molecule has 0 saturated carbocycles. The lowest BCUT2D eigenvalue weighted by Gasteiger charge is -2.38. The Hall–Kier alpha value is -0.120. The van der Waals surface area contributed by atoms with Gasteiger partial charge in [0.05, 0.1) is 6.61 Å². The predicted molar refractivity (Wildman–Crippen MR) is 64.2 cm³/mol. The first-order valence-corrected chi connectivity index (χ1v) is 6.28. The van der Waals surface area contributed by atoms with Gasteiger partial charge in [0.1, 0.15) is 0 Å². The molecule has 0 aromatic carbocycles. The van der Waals surface area contributed by atoms with Gasteiger partial charge in [0, 0.05) is 38.8 Å². The van der Waals surface area contributed by atoms with Crippen molar-refractivity contribution in [2.45, 2.75) is 45.2 Å². The molecule has 2 atom stereocenters. The molecule has 2 unspecified atom stereocenters. The molecule has 0 radical (unpaired) electrons. The Morgan fingerprint density at radius 2 is 2.27 bits per heavy atom. The Labute approximate surface area is 94.2 Å². The quantitative estimate of drug-likeness (QED) is 0.725. The Kier molecular flexibility index (Phi) is 6.22. The molecule has 1 fully saturated rings. The molecule has 0 aromatic heterocycles. The number of rotatable bonds is 6. The Bertz CT molecular complexity index is 158. The summed E-state index contributed by atoms with van der Waals surface area (Å²) in [6, 6.07) is 1.30. The van der Waals surface area contributed by atoms with Crippen LogP contribution in [0.25, 0.3) is 0 Å². The average molecular weight is 214 g/mol. The van der Waals surface area contributed by atoms with E-state index in [4.69, 9.17) is 4.74 Å². The van der Waals surface area contributed by atoms with Crippen molar-refractivity contribution in [1.29, 1.82) is 0 Å². The van der Waals surface area contributed by atoms with Gasteiger partial charge in [0.15, 0.2) is 0 Å². The monoisotopic (exact) mass is 214 g/mol. The Morgan fingerprint density at radius 1 is 1.47 bits per heavy atom. The van der Waals surface area contributed by atoms with Gasteiger partial charge in [0.25, 0.3) is 0 Å². The van der Waals surface area contributed by atoms with Crippen LogP contribution in [0, 0.1) is 0 Å². The normalized spacial score (nSPS) is 25.4. The van der Waals surface area contributed by atoms with Crippen molar-refractivity contribution in [2.75, 3.05) is 33.4 Å². The second-order valence-electron chi connectivity index (χ2n) is 4.45. The molecule has 90 valence electrons. The van der Waals surface area contributed by atoms with E-state index in [1.807, 2.05) is 7.11 Å². The zero-order valence-corrected chi connectivity index (χ0v) is 10.5. The van der Waals surface area contributed by atoms with E-state index in [0.29, 0.717) is 12.1 Å². The first-order valence-electron chi connectivity index (χ1n) is 6.28. The number of methoxy groups -OCH3 is 1. The van der Waals surface area contributed by atoms with Crippen LogP contribution in [-0.2, 0) is 4.74 Å². The molecule has 0 aromatic rings. The molecule has 1 heterocycles. The minimum Gasteiger partial charge on any atom is -0.383 e. The van der Waals surface area contributed by atoms with Gasteiger partial charge < -0.3 is 10.1 Å². The SMILES string of the molecule is CCCC(COC)N1CCNC(CC)C1. The summed E-state index contributed by atoms with van der Waals surface area (Å²) in [5.74, 6) is 0. The van der Waals surface area contributed by atoms with E-state index in [0.717, 1.165) is 13.2 Å². The third-order valence-corrected chi connectivity index (χ3v) is 3.28. The average Bonchev–Trinajstić information content (AvgIpc) is 2.29. The van der Waals surface area contributed by atoms with Crippen LogP contribution in [0.1, 0.15) is 33.1 Å². The van der Waals surface area contributed by atoms with E-state index < -0.39 is 0 Å². The van der Waals surface area contributed by atoms with Crippen molar-refractivity contribution in [2.24, 2.45) is 0 Å². The molecule has 3 nitrogen and oxygen atoms in total. The lowest BCUT2D eigenvalue weighted by molar-refractivity contribution is 0.0639. The molecular formula is C12H26N2O. The van der Waals surface area contributed by atoms with Crippen LogP contribution in [-0.4, -0.2) is 50.3 Å². The lowest BCUT2D eigenvalue weighted by Crippen LogP contribution is -2.54.